The minimum absolute atomic E-state index is 0.102. The van der Waals surface area contributed by atoms with Crippen molar-refractivity contribution < 1.29 is 18.0 Å². The standard InChI is InChI=1S/C12H5Cl2F3N2O/c13-9-2-1-6(5-18-9)11(20)7-3-8(12(15,16)17)19-10(14)4-7/h1-5H. The number of carbonyl (C=O) groups is 1. The molecule has 3 nitrogen and oxygen atoms in total. The van der Waals surface area contributed by atoms with E-state index < -0.39 is 22.8 Å². The molecule has 20 heavy (non-hydrogen) atoms. The number of rotatable bonds is 2. The minimum Gasteiger partial charge on any atom is -0.289 e. The van der Waals surface area contributed by atoms with Crippen LogP contribution in [0.4, 0.5) is 13.2 Å². The van der Waals surface area contributed by atoms with Crippen LogP contribution < -0.4 is 0 Å². The largest absolute Gasteiger partial charge is 0.433 e. The van der Waals surface area contributed by atoms with Crippen LogP contribution in [0.5, 0.6) is 0 Å². The van der Waals surface area contributed by atoms with Gasteiger partial charge in [-0.2, -0.15) is 13.2 Å². The van der Waals surface area contributed by atoms with Gasteiger partial charge >= 0.3 is 6.18 Å². The first-order valence-corrected chi connectivity index (χ1v) is 5.94. The zero-order valence-corrected chi connectivity index (χ0v) is 11.1. The van der Waals surface area contributed by atoms with Gasteiger partial charge in [0.15, 0.2) is 5.78 Å². The first-order valence-electron chi connectivity index (χ1n) is 5.18. The summed E-state index contributed by atoms with van der Waals surface area (Å²) < 4.78 is 37.8. The van der Waals surface area contributed by atoms with Crippen LogP contribution in [0.3, 0.4) is 0 Å². The van der Waals surface area contributed by atoms with Crippen molar-refractivity contribution in [2.24, 2.45) is 0 Å². The molecule has 0 radical (unpaired) electrons. The monoisotopic (exact) mass is 320 g/mol. The van der Waals surface area contributed by atoms with Crippen molar-refractivity contribution in [2.45, 2.75) is 6.18 Å². The third kappa shape index (κ3) is 3.26. The molecule has 0 fully saturated rings. The summed E-state index contributed by atoms with van der Waals surface area (Å²) >= 11 is 11.1. The highest BCUT2D eigenvalue weighted by Crippen LogP contribution is 2.30. The fourth-order valence-corrected chi connectivity index (χ4v) is 1.77. The van der Waals surface area contributed by atoms with Gasteiger partial charge in [-0.05, 0) is 24.3 Å². The van der Waals surface area contributed by atoms with Crippen LogP contribution in [-0.4, -0.2) is 15.8 Å². The fraction of sp³-hybridized carbons (Fsp3) is 0.0833. The Kier molecular flexibility index (Phi) is 3.96. The lowest BCUT2D eigenvalue weighted by Gasteiger charge is -2.08. The third-order valence-corrected chi connectivity index (χ3v) is 2.75. The molecule has 0 spiro atoms. The molecule has 0 unspecified atom stereocenters. The molecule has 2 aromatic heterocycles. The molecule has 2 aromatic rings. The molecule has 0 amide bonds. The molecule has 104 valence electrons. The molecule has 2 heterocycles. The Balaban J connectivity index is 2.45. The second-order valence-corrected chi connectivity index (χ2v) is 4.53. The quantitative estimate of drug-likeness (QED) is 0.619. The number of pyridine rings is 2. The zero-order valence-electron chi connectivity index (χ0n) is 9.58. The lowest BCUT2D eigenvalue weighted by molar-refractivity contribution is -0.141. The summed E-state index contributed by atoms with van der Waals surface area (Å²) in [4.78, 5) is 18.9. The van der Waals surface area contributed by atoms with E-state index in [4.69, 9.17) is 23.2 Å². The molecule has 8 heteroatoms. The molecular formula is C12H5Cl2F3N2O. The maximum absolute atomic E-state index is 12.6. The van der Waals surface area contributed by atoms with Crippen LogP contribution in [-0.2, 0) is 6.18 Å². The van der Waals surface area contributed by atoms with Gasteiger partial charge in [0.05, 0.1) is 0 Å². The van der Waals surface area contributed by atoms with Crippen LogP contribution in [0.25, 0.3) is 0 Å². The van der Waals surface area contributed by atoms with Crippen molar-refractivity contribution in [3.05, 3.63) is 57.6 Å². The van der Waals surface area contributed by atoms with Gasteiger partial charge in [-0.15, -0.1) is 0 Å². The number of nitrogens with zero attached hydrogens (tertiary/aromatic N) is 2. The van der Waals surface area contributed by atoms with Gasteiger partial charge in [0.2, 0.25) is 0 Å². The second-order valence-electron chi connectivity index (χ2n) is 3.76. The lowest BCUT2D eigenvalue weighted by Crippen LogP contribution is -2.11. The molecule has 0 saturated heterocycles. The van der Waals surface area contributed by atoms with Crippen molar-refractivity contribution in [2.75, 3.05) is 0 Å². The summed E-state index contributed by atoms with van der Waals surface area (Å²) in [5.74, 6) is -0.649. The van der Waals surface area contributed by atoms with Gasteiger partial charge in [0.1, 0.15) is 16.0 Å². The second kappa shape index (κ2) is 5.38. The summed E-state index contributed by atoms with van der Waals surface area (Å²) in [6.07, 6.45) is -3.51. The third-order valence-electron chi connectivity index (χ3n) is 2.34. The zero-order chi connectivity index (χ0) is 14.9. The Morgan fingerprint density at radius 2 is 1.75 bits per heavy atom. The summed E-state index contributed by atoms with van der Waals surface area (Å²) in [6, 6.07) is 4.43. The maximum atomic E-state index is 12.6. The van der Waals surface area contributed by atoms with Crippen LogP contribution in [0.2, 0.25) is 10.3 Å². The molecule has 0 aliphatic rings. The Morgan fingerprint density at radius 1 is 1.05 bits per heavy atom. The number of ketones is 1. The molecule has 0 aliphatic carbocycles. The van der Waals surface area contributed by atoms with Crippen LogP contribution in [0.1, 0.15) is 21.6 Å². The Labute approximate surface area is 121 Å². The highest BCUT2D eigenvalue weighted by molar-refractivity contribution is 6.30. The summed E-state index contributed by atoms with van der Waals surface area (Å²) in [6.45, 7) is 0. The number of hydrogen-bond acceptors (Lipinski definition) is 3. The number of hydrogen-bond donors (Lipinski definition) is 0. The molecule has 0 atom stereocenters. The van der Waals surface area contributed by atoms with Crippen LogP contribution in [0.15, 0.2) is 30.5 Å². The Bertz CT molecular complexity index is 657. The predicted octanol–water partition coefficient (Wildman–Crippen LogP) is 4.03. The number of aromatic nitrogens is 2. The van der Waals surface area contributed by atoms with Gasteiger partial charge in [-0.3, -0.25) is 4.79 Å². The number of alkyl halides is 3. The first-order chi connectivity index (χ1) is 9.27. The molecule has 0 N–H and O–H groups in total. The fourth-order valence-electron chi connectivity index (χ4n) is 1.45. The van der Waals surface area contributed by atoms with Gasteiger partial charge in [-0.1, -0.05) is 23.2 Å². The van der Waals surface area contributed by atoms with Crippen LogP contribution in [0, 0.1) is 0 Å². The maximum Gasteiger partial charge on any atom is 0.433 e. The summed E-state index contributed by atoms with van der Waals surface area (Å²) in [5, 5.41) is -0.240. The summed E-state index contributed by atoms with van der Waals surface area (Å²) in [7, 11) is 0. The van der Waals surface area contributed by atoms with E-state index in [0.717, 1.165) is 6.07 Å². The molecular weight excluding hydrogens is 316 g/mol. The van der Waals surface area contributed by atoms with Crippen molar-refractivity contribution in [3.63, 3.8) is 0 Å². The Hall–Kier alpha value is -1.66. The lowest BCUT2D eigenvalue weighted by atomic mass is 10.1. The van der Waals surface area contributed by atoms with Crippen molar-refractivity contribution in [3.8, 4) is 0 Å². The van der Waals surface area contributed by atoms with Crippen LogP contribution >= 0.6 is 23.2 Å². The molecule has 0 aliphatic heterocycles. The molecule has 0 aromatic carbocycles. The van der Waals surface area contributed by atoms with Crippen molar-refractivity contribution in [1.29, 1.82) is 0 Å². The highest BCUT2D eigenvalue weighted by atomic mass is 35.5. The van der Waals surface area contributed by atoms with E-state index >= 15 is 0 Å². The van der Waals surface area contributed by atoms with E-state index in [1.807, 2.05) is 0 Å². The topological polar surface area (TPSA) is 42.9 Å². The van der Waals surface area contributed by atoms with E-state index in [9.17, 15) is 18.0 Å². The van der Waals surface area contributed by atoms with Gasteiger partial charge in [0, 0.05) is 17.3 Å². The van der Waals surface area contributed by atoms with E-state index in [0.29, 0.717) is 6.07 Å². The predicted molar refractivity (Wildman–Crippen MR) is 66.9 cm³/mol. The van der Waals surface area contributed by atoms with E-state index in [1.54, 1.807) is 0 Å². The highest BCUT2D eigenvalue weighted by Gasteiger charge is 2.33. The van der Waals surface area contributed by atoms with Gasteiger partial charge in [0.25, 0.3) is 0 Å². The number of carbonyl (C=O) groups excluding carboxylic acids is 1. The normalized spacial score (nSPS) is 11.4. The van der Waals surface area contributed by atoms with E-state index in [1.165, 1.54) is 18.3 Å². The smallest absolute Gasteiger partial charge is 0.289 e. The summed E-state index contributed by atoms with van der Waals surface area (Å²) in [5.41, 5.74) is -1.35. The van der Waals surface area contributed by atoms with Crippen molar-refractivity contribution in [1.82, 2.24) is 9.97 Å². The average Bonchev–Trinajstić information content (AvgIpc) is 2.37. The SMILES string of the molecule is O=C(c1ccc(Cl)nc1)c1cc(Cl)nc(C(F)(F)F)c1. The van der Waals surface area contributed by atoms with E-state index in [-0.39, 0.29) is 16.3 Å². The molecule has 0 saturated carbocycles. The first kappa shape index (κ1) is 14.7. The Morgan fingerprint density at radius 3 is 2.30 bits per heavy atom. The van der Waals surface area contributed by atoms with Gasteiger partial charge in [-0.25, -0.2) is 9.97 Å². The minimum atomic E-state index is -4.68. The molecule has 0 bridgehead atoms. The average molecular weight is 321 g/mol. The van der Waals surface area contributed by atoms with Crippen molar-refractivity contribution >= 4 is 29.0 Å². The van der Waals surface area contributed by atoms with E-state index in [2.05, 4.69) is 9.97 Å². The van der Waals surface area contributed by atoms with Gasteiger partial charge < -0.3 is 0 Å². The number of halogens is 5. The molecule has 2 rings (SSSR count).